The number of nitrogens with two attached hydrogens (primary N) is 1. The molecule has 4 atom stereocenters. The second kappa shape index (κ2) is 3.54. The summed E-state index contributed by atoms with van der Waals surface area (Å²) >= 11 is 0. The maximum Gasteiger partial charge on any atom is 0.161 e. The van der Waals surface area contributed by atoms with Crippen molar-refractivity contribution in [3.8, 4) is 0 Å². The summed E-state index contributed by atoms with van der Waals surface area (Å²) in [5, 5.41) is 8.72. The van der Waals surface area contributed by atoms with E-state index in [9.17, 15) is 0 Å². The van der Waals surface area contributed by atoms with Crippen LogP contribution in [0.15, 0.2) is 18.3 Å². The van der Waals surface area contributed by atoms with Crippen LogP contribution in [0.3, 0.4) is 0 Å². The fourth-order valence-electron chi connectivity index (χ4n) is 3.96. The quantitative estimate of drug-likeness (QED) is 0.830. The second-order valence-corrected chi connectivity index (χ2v) is 5.93. The van der Waals surface area contributed by atoms with Crippen molar-refractivity contribution in [2.45, 2.75) is 38.1 Å². The fourth-order valence-corrected chi connectivity index (χ4v) is 3.96. The van der Waals surface area contributed by atoms with Crippen LogP contribution in [0.25, 0.3) is 5.65 Å². The van der Waals surface area contributed by atoms with Gasteiger partial charge in [-0.05, 0) is 55.7 Å². The standard InChI is InChI=1S/C14H18N4/c1-8-4-5-18-11(6-8)16-17-14(18)12-9-2-3-10(7-9)13(12)15/h4-6,9-10,12-13H,2-3,7,15H2,1H3. The Morgan fingerprint density at radius 2 is 2.11 bits per heavy atom. The lowest BCUT2D eigenvalue weighted by atomic mass is 9.84. The molecule has 0 aliphatic heterocycles. The van der Waals surface area contributed by atoms with Crippen molar-refractivity contribution in [3.63, 3.8) is 0 Å². The molecule has 0 amide bonds. The van der Waals surface area contributed by atoms with Crippen LogP contribution in [-0.4, -0.2) is 20.6 Å². The van der Waals surface area contributed by atoms with Gasteiger partial charge in [0.25, 0.3) is 0 Å². The van der Waals surface area contributed by atoms with E-state index < -0.39 is 0 Å². The average molecular weight is 242 g/mol. The van der Waals surface area contributed by atoms with E-state index in [0.717, 1.165) is 17.4 Å². The summed E-state index contributed by atoms with van der Waals surface area (Å²) in [7, 11) is 0. The van der Waals surface area contributed by atoms with Gasteiger partial charge in [0.1, 0.15) is 5.82 Å². The first-order valence-corrected chi connectivity index (χ1v) is 6.81. The number of hydrogen-bond donors (Lipinski definition) is 1. The molecule has 2 fully saturated rings. The number of nitrogens with zero attached hydrogens (tertiary/aromatic N) is 3. The molecular weight excluding hydrogens is 224 g/mol. The minimum absolute atomic E-state index is 0.275. The number of pyridine rings is 1. The summed E-state index contributed by atoms with van der Waals surface area (Å²) < 4.78 is 2.12. The van der Waals surface area contributed by atoms with Gasteiger partial charge in [0.05, 0.1) is 0 Å². The molecule has 2 bridgehead atoms. The van der Waals surface area contributed by atoms with Crippen LogP contribution in [0.5, 0.6) is 0 Å². The van der Waals surface area contributed by atoms with Crippen LogP contribution in [0.1, 0.15) is 36.6 Å². The van der Waals surface area contributed by atoms with Gasteiger partial charge in [0, 0.05) is 18.2 Å². The van der Waals surface area contributed by atoms with Gasteiger partial charge < -0.3 is 5.73 Å². The van der Waals surface area contributed by atoms with Crippen LogP contribution >= 0.6 is 0 Å². The third kappa shape index (κ3) is 1.29. The number of rotatable bonds is 1. The van der Waals surface area contributed by atoms with E-state index in [4.69, 9.17) is 5.73 Å². The van der Waals surface area contributed by atoms with Crippen molar-refractivity contribution in [1.29, 1.82) is 0 Å². The molecule has 0 radical (unpaired) electrons. The van der Waals surface area contributed by atoms with Gasteiger partial charge >= 0.3 is 0 Å². The normalized spacial score (nSPS) is 34.6. The van der Waals surface area contributed by atoms with E-state index in [1.165, 1.54) is 24.8 Å². The molecule has 2 aliphatic carbocycles. The van der Waals surface area contributed by atoms with Crippen molar-refractivity contribution < 1.29 is 0 Å². The molecule has 2 N–H and O–H groups in total. The Morgan fingerprint density at radius 3 is 2.89 bits per heavy atom. The Morgan fingerprint density at radius 1 is 1.28 bits per heavy atom. The Labute approximate surface area is 106 Å². The van der Waals surface area contributed by atoms with Crippen LogP contribution in [0, 0.1) is 18.8 Å². The maximum absolute atomic E-state index is 6.40. The van der Waals surface area contributed by atoms with Gasteiger partial charge in [0.15, 0.2) is 5.65 Å². The van der Waals surface area contributed by atoms with E-state index in [1.54, 1.807) is 0 Å². The first-order chi connectivity index (χ1) is 8.74. The van der Waals surface area contributed by atoms with Gasteiger partial charge in [-0.15, -0.1) is 10.2 Å². The molecule has 2 aliphatic rings. The molecule has 4 rings (SSSR count). The molecule has 4 heteroatoms. The SMILES string of the molecule is Cc1ccn2c(C3C4CCC(C4)C3N)nnc2c1. The van der Waals surface area contributed by atoms with Gasteiger partial charge in [-0.2, -0.15) is 0 Å². The smallest absolute Gasteiger partial charge is 0.161 e. The minimum atomic E-state index is 0.275. The molecule has 4 nitrogen and oxygen atoms in total. The zero-order valence-electron chi connectivity index (χ0n) is 10.6. The highest BCUT2D eigenvalue weighted by molar-refractivity contribution is 5.41. The number of aryl methyl sites for hydroxylation is 1. The molecule has 2 aromatic heterocycles. The number of fused-ring (bicyclic) bond motifs is 3. The van der Waals surface area contributed by atoms with Crippen molar-refractivity contribution in [3.05, 3.63) is 29.7 Å². The molecule has 2 saturated carbocycles. The Hall–Kier alpha value is -1.42. The van der Waals surface area contributed by atoms with E-state index >= 15 is 0 Å². The first kappa shape index (κ1) is 10.5. The summed E-state index contributed by atoms with van der Waals surface area (Å²) in [6.07, 6.45) is 5.98. The topological polar surface area (TPSA) is 56.2 Å². The van der Waals surface area contributed by atoms with Crippen molar-refractivity contribution in [2.75, 3.05) is 0 Å². The molecule has 0 spiro atoms. The fraction of sp³-hybridized carbons (Fsp3) is 0.571. The minimum Gasteiger partial charge on any atom is -0.327 e. The summed E-state index contributed by atoms with van der Waals surface area (Å²) in [4.78, 5) is 0. The van der Waals surface area contributed by atoms with Gasteiger partial charge in [-0.25, -0.2) is 0 Å². The van der Waals surface area contributed by atoms with Gasteiger partial charge in [-0.3, -0.25) is 4.40 Å². The summed E-state index contributed by atoms with van der Waals surface area (Å²) in [6, 6.07) is 4.46. The molecule has 94 valence electrons. The second-order valence-electron chi connectivity index (χ2n) is 5.93. The summed E-state index contributed by atoms with van der Waals surface area (Å²) in [6.45, 7) is 2.08. The first-order valence-electron chi connectivity index (χ1n) is 6.81. The largest absolute Gasteiger partial charge is 0.327 e. The van der Waals surface area contributed by atoms with Crippen LogP contribution < -0.4 is 5.73 Å². The molecule has 0 saturated heterocycles. The molecule has 4 unspecified atom stereocenters. The van der Waals surface area contributed by atoms with E-state index in [-0.39, 0.29) is 6.04 Å². The van der Waals surface area contributed by atoms with E-state index in [0.29, 0.717) is 11.8 Å². The van der Waals surface area contributed by atoms with Crippen LogP contribution in [0.2, 0.25) is 0 Å². The van der Waals surface area contributed by atoms with Gasteiger partial charge in [0.2, 0.25) is 0 Å². The monoisotopic (exact) mass is 242 g/mol. The summed E-state index contributed by atoms with van der Waals surface area (Å²) in [5.41, 5.74) is 8.56. The van der Waals surface area contributed by atoms with Crippen molar-refractivity contribution in [1.82, 2.24) is 14.6 Å². The third-order valence-corrected chi connectivity index (χ3v) is 4.87. The highest BCUT2D eigenvalue weighted by Crippen LogP contribution is 2.51. The highest BCUT2D eigenvalue weighted by Gasteiger charge is 2.48. The number of hydrogen-bond acceptors (Lipinski definition) is 3. The summed E-state index contributed by atoms with van der Waals surface area (Å²) in [5.74, 6) is 2.91. The Balaban J connectivity index is 1.83. The predicted molar refractivity (Wildman–Crippen MR) is 69.3 cm³/mol. The van der Waals surface area contributed by atoms with Crippen LogP contribution in [0.4, 0.5) is 0 Å². The lowest BCUT2D eigenvalue weighted by Gasteiger charge is -2.26. The maximum atomic E-state index is 6.40. The Kier molecular flexibility index (Phi) is 2.07. The zero-order chi connectivity index (χ0) is 12.3. The lowest BCUT2D eigenvalue weighted by Crippen LogP contribution is -2.35. The van der Waals surface area contributed by atoms with Gasteiger partial charge in [-0.1, -0.05) is 0 Å². The lowest BCUT2D eigenvalue weighted by molar-refractivity contribution is 0.352. The third-order valence-electron chi connectivity index (χ3n) is 4.87. The van der Waals surface area contributed by atoms with Crippen LogP contribution in [-0.2, 0) is 0 Å². The average Bonchev–Trinajstić information content (AvgIpc) is 3.02. The predicted octanol–water partition coefficient (Wildman–Crippen LogP) is 1.88. The molecule has 2 aromatic rings. The molecule has 18 heavy (non-hydrogen) atoms. The zero-order valence-corrected chi connectivity index (χ0v) is 10.6. The highest BCUT2D eigenvalue weighted by atomic mass is 15.3. The van der Waals surface area contributed by atoms with Crippen molar-refractivity contribution >= 4 is 5.65 Å². The van der Waals surface area contributed by atoms with E-state index in [1.807, 2.05) is 0 Å². The molecule has 2 heterocycles. The Bertz CT molecular complexity index is 601. The molecule has 0 aromatic carbocycles. The molecular formula is C14H18N4. The van der Waals surface area contributed by atoms with E-state index in [2.05, 4.69) is 39.9 Å². The van der Waals surface area contributed by atoms with Crippen molar-refractivity contribution in [2.24, 2.45) is 17.6 Å². The number of aromatic nitrogens is 3.